The van der Waals surface area contributed by atoms with Gasteiger partial charge in [0.2, 0.25) is 0 Å². The van der Waals surface area contributed by atoms with E-state index in [0.717, 1.165) is 31.4 Å². The molecule has 0 saturated carbocycles. The Balaban J connectivity index is 1.54. The van der Waals surface area contributed by atoms with E-state index < -0.39 is 11.6 Å². The number of aromatic nitrogens is 1. The second-order valence-electron chi connectivity index (χ2n) is 6.06. The third-order valence-electron chi connectivity index (χ3n) is 4.24. The van der Waals surface area contributed by atoms with Crippen LogP contribution in [-0.4, -0.2) is 37.1 Å². The van der Waals surface area contributed by atoms with Gasteiger partial charge in [0.1, 0.15) is 5.82 Å². The number of benzene rings is 1. The summed E-state index contributed by atoms with van der Waals surface area (Å²) in [7, 11) is 1.67. The second kappa shape index (κ2) is 8.31. The lowest BCUT2D eigenvalue weighted by Crippen LogP contribution is -2.44. The predicted octanol–water partition coefficient (Wildman–Crippen LogP) is 2.96. The molecule has 1 aliphatic heterocycles. The minimum atomic E-state index is -0.856. The fraction of sp³-hybridized carbons (Fsp3) is 0.333. The zero-order chi connectivity index (χ0) is 18.5. The van der Waals surface area contributed by atoms with Gasteiger partial charge in [-0.05, 0) is 36.2 Å². The highest BCUT2D eigenvalue weighted by atomic mass is 35.5. The fourth-order valence-electron chi connectivity index (χ4n) is 2.90. The van der Waals surface area contributed by atoms with E-state index in [9.17, 15) is 8.78 Å². The van der Waals surface area contributed by atoms with E-state index in [-0.39, 0.29) is 6.04 Å². The third-order valence-corrected chi connectivity index (χ3v) is 4.53. The Morgan fingerprint density at radius 1 is 1.35 bits per heavy atom. The lowest BCUT2D eigenvalue weighted by Gasteiger charge is -2.20. The van der Waals surface area contributed by atoms with E-state index in [2.05, 4.69) is 25.5 Å². The predicted molar refractivity (Wildman–Crippen MR) is 99.6 cm³/mol. The van der Waals surface area contributed by atoms with E-state index >= 15 is 0 Å². The van der Waals surface area contributed by atoms with E-state index in [0.29, 0.717) is 23.1 Å². The van der Waals surface area contributed by atoms with Crippen LogP contribution in [0.15, 0.2) is 41.5 Å². The Morgan fingerprint density at radius 3 is 2.92 bits per heavy atom. The highest BCUT2D eigenvalue weighted by molar-refractivity contribution is 6.32. The first kappa shape index (κ1) is 18.4. The van der Waals surface area contributed by atoms with Crippen molar-refractivity contribution >= 4 is 23.4 Å². The summed E-state index contributed by atoms with van der Waals surface area (Å²) in [6.45, 7) is 1.94. The number of nitrogens with one attached hydrogen (secondary N) is 2. The largest absolute Gasteiger partial charge is 0.353 e. The molecule has 8 heteroatoms. The van der Waals surface area contributed by atoms with Gasteiger partial charge in [0.15, 0.2) is 17.6 Å². The van der Waals surface area contributed by atoms with Crippen molar-refractivity contribution in [3.63, 3.8) is 0 Å². The molecule has 3 rings (SSSR count). The monoisotopic (exact) mass is 379 g/mol. The maximum absolute atomic E-state index is 13.3. The molecule has 2 heterocycles. The van der Waals surface area contributed by atoms with Gasteiger partial charge in [-0.1, -0.05) is 17.7 Å². The van der Waals surface area contributed by atoms with E-state index in [1.54, 1.807) is 19.3 Å². The molecule has 2 N–H and O–H groups in total. The van der Waals surface area contributed by atoms with Crippen LogP contribution in [0.1, 0.15) is 12.0 Å². The number of pyridine rings is 1. The van der Waals surface area contributed by atoms with Crippen molar-refractivity contribution in [2.75, 3.05) is 25.0 Å². The number of halogens is 3. The van der Waals surface area contributed by atoms with E-state index in [1.165, 1.54) is 6.07 Å². The van der Waals surface area contributed by atoms with Gasteiger partial charge in [-0.3, -0.25) is 4.99 Å². The van der Waals surface area contributed by atoms with Crippen molar-refractivity contribution in [1.82, 2.24) is 15.6 Å². The summed E-state index contributed by atoms with van der Waals surface area (Å²) in [5.41, 5.74) is 0.639. The lowest BCUT2D eigenvalue weighted by molar-refractivity contribution is 0.506. The Hall–Kier alpha value is -2.41. The molecule has 0 radical (unpaired) electrons. The van der Waals surface area contributed by atoms with E-state index in [4.69, 9.17) is 11.6 Å². The summed E-state index contributed by atoms with van der Waals surface area (Å²) in [6.07, 6.45) is 2.64. The molecule has 5 nitrogen and oxygen atoms in total. The molecule has 26 heavy (non-hydrogen) atoms. The van der Waals surface area contributed by atoms with Crippen molar-refractivity contribution in [2.24, 2.45) is 4.99 Å². The second-order valence-corrected chi connectivity index (χ2v) is 6.47. The highest BCUT2D eigenvalue weighted by Gasteiger charge is 2.25. The maximum atomic E-state index is 13.3. The summed E-state index contributed by atoms with van der Waals surface area (Å²) < 4.78 is 26.3. The van der Waals surface area contributed by atoms with Crippen molar-refractivity contribution in [2.45, 2.75) is 19.0 Å². The van der Waals surface area contributed by atoms with Gasteiger partial charge in [0, 0.05) is 38.9 Å². The Labute approximate surface area is 156 Å². The molecule has 1 fully saturated rings. The topological polar surface area (TPSA) is 52.6 Å². The van der Waals surface area contributed by atoms with Crippen LogP contribution in [0.25, 0.3) is 0 Å². The average molecular weight is 380 g/mol. The Kier molecular flexibility index (Phi) is 5.88. The number of aliphatic imine (C=N–C) groups is 1. The number of hydrogen-bond acceptors (Lipinski definition) is 3. The molecule has 1 aromatic carbocycles. The molecule has 138 valence electrons. The van der Waals surface area contributed by atoms with Crippen LogP contribution in [0, 0.1) is 11.6 Å². The van der Waals surface area contributed by atoms with Crippen molar-refractivity contribution in [1.29, 1.82) is 0 Å². The number of nitrogens with zero attached hydrogens (tertiary/aromatic N) is 3. The normalized spacial score (nSPS) is 17.5. The molecule has 0 aliphatic carbocycles. The van der Waals surface area contributed by atoms with Crippen molar-refractivity contribution < 1.29 is 8.78 Å². The van der Waals surface area contributed by atoms with Gasteiger partial charge >= 0.3 is 0 Å². The molecular weight excluding hydrogens is 360 g/mol. The number of rotatable bonds is 4. The minimum Gasteiger partial charge on any atom is -0.353 e. The Morgan fingerprint density at radius 2 is 2.19 bits per heavy atom. The maximum Gasteiger partial charge on any atom is 0.191 e. The van der Waals surface area contributed by atoms with Gasteiger partial charge in [-0.2, -0.15) is 0 Å². The molecule has 1 aliphatic rings. The minimum absolute atomic E-state index is 0.184. The zero-order valence-electron chi connectivity index (χ0n) is 14.3. The lowest BCUT2D eigenvalue weighted by atomic mass is 10.2. The van der Waals surface area contributed by atoms with Crippen molar-refractivity contribution in [3.05, 3.63) is 58.7 Å². The average Bonchev–Trinajstić information content (AvgIpc) is 3.10. The molecule has 1 aromatic heterocycles. The molecular formula is C18H20ClF2N5. The molecule has 1 unspecified atom stereocenters. The zero-order valence-corrected chi connectivity index (χ0v) is 15.1. The quantitative estimate of drug-likeness (QED) is 0.633. The molecule has 0 spiro atoms. The van der Waals surface area contributed by atoms with Crippen LogP contribution in [0.5, 0.6) is 0 Å². The standard InChI is InChI=1S/C18H20ClF2N5/c1-22-18(24-10-12-4-5-15(20)16(21)9-12)25-13-6-8-26(11-13)17-14(19)3-2-7-23-17/h2-5,7,9,13H,6,8,10-11H2,1H3,(H2,22,24,25). The van der Waals surface area contributed by atoms with Crippen LogP contribution in [0.4, 0.5) is 14.6 Å². The van der Waals surface area contributed by atoms with Crippen LogP contribution in [0.2, 0.25) is 5.02 Å². The molecule has 2 aromatic rings. The van der Waals surface area contributed by atoms with Gasteiger partial charge < -0.3 is 15.5 Å². The molecule has 0 bridgehead atoms. The summed E-state index contributed by atoms with van der Waals surface area (Å²) >= 11 is 6.21. The van der Waals surface area contributed by atoms with Crippen molar-refractivity contribution in [3.8, 4) is 0 Å². The number of guanidine groups is 1. The van der Waals surface area contributed by atoms with Crippen LogP contribution < -0.4 is 15.5 Å². The fourth-order valence-corrected chi connectivity index (χ4v) is 3.14. The van der Waals surface area contributed by atoms with Crippen LogP contribution >= 0.6 is 11.6 Å². The molecule has 1 atom stereocenters. The molecule has 1 saturated heterocycles. The SMILES string of the molecule is CN=C(NCc1ccc(F)c(F)c1)NC1CCN(c2ncccc2Cl)C1. The highest BCUT2D eigenvalue weighted by Crippen LogP contribution is 2.25. The summed E-state index contributed by atoms with van der Waals surface area (Å²) in [6, 6.07) is 7.65. The third kappa shape index (κ3) is 4.40. The van der Waals surface area contributed by atoms with Gasteiger partial charge in [0.05, 0.1) is 5.02 Å². The van der Waals surface area contributed by atoms with Crippen LogP contribution in [0.3, 0.4) is 0 Å². The summed E-state index contributed by atoms with van der Waals surface area (Å²) in [5, 5.41) is 7.09. The first-order valence-corrected chi connectivity index (χ1v) is 8.71. The number of hydrogen-bond donors (Lipinski definition) is 2. The smallest absolute Gasteiger partial charge is 0.191 e. The summed E-state index contributed by atoms with van der Waals surface area (Å²) in [5.74, 6) is -0.321. The van der Waals surface area contributed by atoms with E-state index in [1.807, 2.05) is 12.1 Å². The summed E-state index contributed by atoms with van der Waals surface area (Å²) in [4.78, 5) is 10.7. The van der Waals surface area contributed by atoms with Gasteiger partial charge in [-0.25, -0.2) is 13.8 Å². The molecule has 0 amide bonds. The first-order chi connectivity index (χ1) is 12.6. The Bertz CT molecular complexity index is 799. The van der Waals surface area contributed by atoms with Gasteiger partial charge in [0.25, 0.3) is 0 Å². The van der Waals surface area contributed by atoms with Crippen LogP contribution in [-0.2, 0) is 6.54 Å². The van der Waals surface area contributed by atoms with Gasteiger partial charge in [-0.15, -0.1) is 0 Å². The first-order valence-electron chi connectivity index (χ1n) is 8.33. The number of anilines is 1.